The zero-order valence-electron chi connectivity index (χ0n) is 19.2. The molecular weight excluding hydrogens is 475 g/mol. The number of pyridine rings is 1. The quantitative estimate of drug-likeness (QED) is 0.338. The fraction of sp³-hybridized carbons (Fsp3) is 0.217. The molecule has 0 fully saturated rings. The summed E-state index contributed by atoms with van der Waals surface area (Å²) in [6.07, 6.45) is 6.76. The first kappa shape index (κ1) is 24.2. The number of nitrogens with zero attached hydrogens (tertiary/aromatic N) is 4. The predicted molar refractivity (Wildman–Crippen MR) is 129 cm³/mol. The van der Waals surface area contributed by atoms with E-state index in [0.717, 1.165) is 4.31 Å². The van der Waals surface area contributed by atoms with Crippen LogP contribution in [0.5, 0.6) is 6.01 Å². The van der Waals surface area contributed by atoms with Gasteiger partial charge in [-0.1, -0.05) is 13.0 Å². The number of methoxy groups -OCH3 is 1. The number of ether oxygens (including phenoxy) is 1. The maximum Gasteiger partial charge on any atom is 0.316 e. The summed E-state index contributed by atoms with van der Waals surface area (Å²) in [7, 11) is -1.12. The highest BCUT2D eigenvalue weighted by molar-refractivity contribution is 7.90. The van der Waals surface area contributed by atoms with Crippen molar-refractivity contribution in [2.24, 2.45) is 0 Å². The molecule has 0 aliphatic rings. The Labute approximate surface area is 201 Å². The fourth-order valence-electron chi connectivity index (χ4n) is 3.50. The number of ketones is 1. The van der Waals surface area contributed by atoms with Gasteiger partial charge < -0.3 is 9.72 Å². The van der Waals surface area contributed by atoms with Crippen LogP contribution in [0.1, 0.15) is 29.3 Å². The number of carbonyl (C=O) groups excluding carboxylic acids is 1. The van der Waals surface area contributed by atoms with Crippen LogP contribution in [0.25, 0.3) is 22.2 Å². The summed E-state index contributed by atoms with van der Waals surface area (Å²) < 4.78 is 48.5. The molecule has 182 valence electrons. The van der Waals surface area contributed by atoms with Crippen molar-refractivity contribution in [3.8, 4) is 17.1 Å². The Kier molecular flexibility index (Phi) is 6.76. The number of hydrogen-bond donors (Lipinski definition) is 2. The number of H-pyrrole nitrogens is 1. The van der Waals surface area contributed by atoms with Crippen LogP contribution in [-0.4, -0.2) is 59.1 Å². The summed E-state index contributed by atoms with van der Waals surface area (Å²) in [5.41, 5.74) is 1.33. The SMILES string of the molecule is CCCN(C)S(=O)(=O)Nc1cccc(C(=O)c2c[nH]c3ncc(-c4cnc(OC)nc4)cc23)c1F. The number of carbonyl (C=O) groups is 1. The monoisotopic (exact) mass is 498 g/mol. The molecule has 1 aromatic carbocycles. The standard InChI is InChI=1S/C23H23FN6O4S/c1-4-8-30(2)35(32,33)29-19-7-5-6-16(20(19)24)21(31)18-13-26-22-17(18)9-14(10-25-22)15-11-27-23(34-3)28-12-15/h5-7,9-13,29H,4,8H2,1-3H3,(H,25,26). The minimum atomic E-state index is -3.98. The summed E-state index contributed by atoms with van der Waals surface area (Å²) in [6.45, 7) is 2.09. The Hall–Kier alpha value is -3.90. The summed E-state index contributed by atoms with van der Waals surface area (Å²) >= 11 is 0. The summed E-state index contributed by atoms with van der Waals surface area (Å²) in [4.78, 5) is 28.7. The molecule has 0 aliphatic carbocycles. The molecule has 0 saturated heterocycles. The van der Waals surface area contributed by atoms with Crippen LogP contribution in [0.15, 0.2) is 49.1 Å². The number of halogens is 1. The van der Waals surface area contributed by atoms with Gasteiger partial charge in [0.15, 0.2) is 11.6 Å². The average molecular weight is 499 g/mol. The van der Waals surface area contributed by atoms with Crippen molar-refractivity contribution in [3.63, 3.8) is 0 Å². The zero-order chi connectivity index (χ0) is 25.2. The van der Waals surface area contributed by atoms with Crippen LogP contribution < -0.4 is 9.46 Å². The van der Waals surface area contributed by atoms with Gasteiger partial charge in [-0.05, 0) is 24.6 Å². The molecule has 4 rings (SSSR count). The first-order chi connectivity index (χ1) is 16.7. The highest BCUT2D eigenvalue weighted by Crippen LogP contribution is 2.28. The fourth-order valence-corrected chi connectivity index (χ4v) is 4.52. The number of benzene rings is 1. The number of rotatable bonds is 9. The Balaban J connectivity index is 1.69. The third kappa shape index (κ3) is 4.84. The van der Waals surface area contributed by atoms with Crippen molar-refractivity contribution in [3.05, 3.63) is 66.0 Å². The van der Waals surface area contributed by atoms with E-state index in [0.29, 0.717) is 28.6 Å². The largest absolute Gasteiger partial charge is 0.467 e. The highest BCUT2D eigenvalue weighted by Gasteiger charge is 2.24. The Morgan fingerprint density at radius 1 is 1.14 bits per heavy atom. The van der Waals surface area contributed by atoms with Crippen LogP contribution in [-0.2, 0) is 10.2 Å². The van der Waals surface area contributed by atoms with Gasteiger partial charge in [-0.25, -0.2) is 19.3 Å². The van der Waals surface area contributed by atoms with E-state index >= 15 is 4.39 Å². The van der Waals surface area contributed by atoms with E-state index < -0.39 is 21.8 Å². The van der Waals surface area contributed by atoms with Gasteiger partial charge >= 0.3 is 16.2 Å². The number of fused-ring (bicyclic) bond motifs is 1. The van der Waals surface area contributed by atoms with Crippen LogP contribution in [0.3, 0.4) is 0 Å². The molecule has 35 heavy (non-hydrogen) atoms. The van der Waals surface area contributed by atoms with Gasteiger partial charge in [-0.2, -0.15) is 12.7 Å². The number of aromatic amines is 1. The number of hydrogen-bond acceptors (Lipinski definition) is 7. The van der Waals surface area contributed by atoms with Crippen LogP contribution in [0.4, 0.5) is 10.1 Å². The highest BCUT2D eigenvalue weighted by atomic mass is 32.2. The van der Waals surface area contributed by atoms with E-state index in [4.69, 9.17) is 4.74 Å². The normalized spacial score (nSPS) is 11.7. The lowest BCUT2D eigenvalue weighted by Gasteiger charge is -2.18. The molecule has 0 spiro atoms. The minimum absolute atomic E-state index is 0.186. The Morgan fingerprint density at radius 2 is 1.86 bits per heavy atom. The van der Waals surface area contributed by atoms with Gasteiger partial charge in [0.25, 0.3) is 0 Å². The lowest BCUT2D eigenvalue weighted by Crippen LogP contribution is -2.33. The lowest BCUT2D eigenvalue weighted by atomic mass is 10.0. The zero-order valence-corrected chi connectivity index (χ0v) is 20.1. The molecule has 0 atom stereocenters. The van der Waals surface area contributed by atoms with Gasteiger partial charge in [0.05, 0.1) is 18.4 Å². The lowest BCUT2D eigenvalue weighted by molar-refractivity contribution is 0.103. The molecule has 0 radical (unpaired) electrons. The molecule has 0 unspecified atom stereocenters. The molecule has 0 bridgehead atoms. The predicted octanol–water partition coefficient (Wildman–Crippen LogP) is 3.40. The van der Waals surface area contributed by atoms with Gasteiger partial charge in [-0.3, -0.25) is 9.52 Å². The summed E-state index contributed by atoms with van der Waals surface area (Å²) in [5.74, 6) is -1.59. The van der Waals surface area contributed by atoms with Crippen LogP contribution in [0.2, 0.25) is 0 Å². The molecule has 4 aromatic rings. The van der Waals surface area contributed by atoms with Crippen molar-refractivity contribution in [1.82, 2.24) is 24.2 Å². The van der Waals surface area contributed by atoms with Crippen LogP contribution >= 0.6 is 0 Å². The molecule has 3 heterocycles. The first-order valence-corrected chi connectivity index (χ1v) is 12.1. The van der Waals surface area contributed by atoms with E-state index in [9.17, 15) is 13.2 Å². The molecule has 12 heteroatoms. The molecule has 10 nitrogen and oxygen atoms in total. The summed E-state index contributed by atoms with van der Waals surface area (Å²) in [5, 5.41) is 0.469. The molecular formula is C23H23FN6O4S. The van der Waals surface area contributed by atoms with E-state index in [1.165, 1.54) is 38.6 Å². The van der Waals surface area contributed by atoms with Crippen molar-refractivity contribution in [1.29, 1.82) is 0 Å². The van der Waals surface area contributed by atoms with Gasteiger partial charge in [0.2, 0.25) is 0 Å². The maximum absolute atomic E-state index is 15.3. The maximum atomic E-state index is 15.3. The molecule has 0 saturated carbocycles. The minimum Gasteiger partial charge on any atom is -0.467 e. The van der Waals surface area contributed by atoms with Crippen molar-refractivity contribution < 1.29 is 22.3 Å². The number of aromatic nitrogens is 4. The van der Waals surface area contributed by atoms with Crippen molar-refractivity contribution >= 4 is 32.7 Å². The van der Waals surface area contributed by atoms with Crippen LogP contribution in [0, 0.1) is 5.82 Å². The molecule has 0 aliphatic heterocycles. The van der Waals surface area contributed by atoms with E-state index in [1.807, 2.05) is 6.92 Å². The third-order valence-electron chi connectivity index (χ3n) is 5.35. The van der Waals surface area contributed by atoms with Gasteiger partial charge in [0.1, 0.15) is 5.65 Å². The topological polar surface area (TPSA) is 130 Å². The second-order valence-electron chi connectivity index (χ2n) is 7.71. The van der Waals surface area contributed by atoms with E-state index in [1.54, 1.807) is 24.7 Å². The second kappa shape index (κ2) is 9.76. The number of nitrogens with one attached hydrogen (secondary N) is 2. The van der Waals surface area contributed by atoms with Gasteiger partial charge in [0, 0.05) is 60.5 Å². The Morgan fingerprint density at radius 3 is 2.54 bits per heavy atom. The van der Waals surface area contributed by atoms with Gasteiger partial charge in [-0.15, -0.1) is 0 Å². The second-order valence-corrected chi connectivity index (χ2v) is 9.48. The molecule has 0 amide bonds. The average Bonchev–Trinajstić information content (AvgIpc) is 3.28. The Bertz CT molecular complexity index is 1490. The van der Waals surface area contributed by atoms with Crippen molar-refractivity contribution in [2.75, 3.05) is 25.4 Å². The number of anilines is 1. The van der Waals surface area contributed by atoms with E-state index in [-0.39, 0.29) is 29.4 Å². The smallest absolute Gasteiger partial charge is 0.316 e. The summed E-state index contributed by atoms with van der Waals surface area (Å²) in [6, 6.07) is 5.93. The molecule has 3 aromatic heterocycles. The molecule has 2 N–H and O–H groups in total. The van der Waals surface area contributed by atoms with Crippen molar-refractivity contribution in [2.45, 2.75) is 13.3 Å². The van der Waals surface area contributed by atoms with E-state index in [2.05, 4.69) is 24.7 Å². The first-order valence-electron chi connectivity index (χ1n) is 10.7. The third-order valence-corrected chi connectivity index (χ3v) is 6.83.